The number of nitrogens with one attached hydrogen (secondary N) is 1. The second-order valence-electron chi connectivity index (χ2n) is 3.99. The van der Waals surface area contributed by atoms with Crippen LogP contribution in [-0.2, 0) is 0 Å². The highest BCUT2D eigenvalue weighted by molar-refractivity contribution is 5.95. The lowest BCUT2D eigenvalue weighted by molar-refractivity contribution is 0.789. The number of benzene rings is 1. The zero-order chi connectivity index (χ0) is 12.1. The monoisotopic (exact) mass is 219 g/mol. The molecule has 0 spiro atoms. The molecule has 1 rings (SSSR count). The minimum atomic E-state index is 0.133. The van der Waals surface area contributed by atoms with E-state index < -0.39 is 0 Å². The number of nitrogen functional groups attached to an aromatic ring is 1. The van der Waals surface area contributed by atoms with Crippen LogP contribution in [0.25, 0.3) is 0 Å². The Morgan fingerprint density at radius 3 is 2.50 bits per heavy atom. The molecule has 0 atom stereocenters. The normalized spacial score (nSPS) is 10.2. The van der Waals surface area contributed by atoms with Gasteiger partial charge in [0, 0.05) is 24.3 Å². The topological polar surface area (TPSA) is 53.1 Å². The fraction of sp³-hybridized carbons (Fsp3) is 0.462. The molecular formula is C13H21N3. The van der Waals surface area contributed by atoms with Gasteiger partial charge in [-0.25, -0.2) is 0 Å². The van der Waals surface area contributed by atoms with Gasteiger partial charge in [0.25, 0.3) is 0 Å². The van der Waals surface area contributed by atoms with Gasteiger partial charge < -0.3 is 10.6 Å². The van der Waals surface area contributed by atoms with E-state index in [4.69, 9.17) is 11.1 Å². The summed E-state index contributed by atoms with van der Waals surface area (Å²) in [7, 11) is 0. The standard InChI is InChI=1S/C13H21N3/c1-4-8-16(5-2)12-7-6-11(13(14)15)9-10(12)3/h6-7,9H,4-5,8H2,1-3H3,(H3,14,15). The maximum absolute atomic E-state index is 7.40. The second kappa shape index (κ2) is 5.54. The zero-order valence-electron chi connectivity index (χ0n) is 10.4. The molecule has 0 aromatic heterocycles. The average Bonchev–Trinajstić information content (AvgIpc) is 2.26. The van der Waals surface area contributed by atoms with Crippen molar-refractivity contribution in [1.29, 1.82) is 5.41 Å². The highest BCUT2D eigenvalue weighted by atomic mass is 15.1. The Hall–Kier alpha value is -1.51. The number of rotatable bonds is 5. The molecular weight excluding hydrogens is 198 g/mol. The molecule has 0 amide bonds. The fourth-order valence-electron chi connectivity index (χ4n) is 1.90. The number of nitrogens with zero attached hydrogens (tertiary/aromatic N) is 1. The molecule has 1 aromatic rings. The molecule has 16 heavy (non-hydrogen) atoms. The third-order valence-electron chi connectivity index (χ3n) is 2.72. The van der Waals surface area contributed by atoms with Crippen LogP contribution in [0.1, 0.15) is 31.4 Å². The van der Waals surface area contributed by atoms with Gasteiger partial charge in [-0.05, 0) is 44.0 Å². The van der Waals surface area contributed by atoms with Crippen molar-refractivity contribution in [3.63, 3.8) is 0 Å². The smallest absolute Gasteiger partial charge is 0.122 e. The van der Waals surface area contributed by atoms with E-state index in [2.05, 4.69) is 31.7 Å². The van der Waals surface area contributed by atoms with Crippen LogP contribution in [0.3, 0.4) is 0 Å². The van der Waals surface area contributed by atoms with Crippen LogP contribution in [0.2, 0.25) is 0 Å². The van der Waals surface area contributed by atoms with Crippen molar-refractivity contribution in [2.45, 2.75) is 27.2 Å². The summed E-state index contributed by atoms with van der Waals surface area (Å²) in [5.74, 6) is 0.133. The molecule has 0 unspecified atom stereocenters. The summed E-state index contributed by atoms with van der Waals surface area (Å²) < 4.78 is 0. The van der Waals surface area contributed by atoms with Gasteiger partial charge in [0.05, 0.1) is 0 Å². The van der Waals surface area contributed by atoms with Crippen molar-refractivity contribution in [2.75, 3.05) is 18.0 Å². The van der Waals surface area contributed by atoms with E-state index in [0.29, 0.717) is 0 Å². The molecule has 3 heteroatoms. The summed E-state index contributed by atoms with van der Waals surface area (Å²) in [5.41, 5.74) is 8.70. The quantitative estimate of drug-likeness (QED) is 0.590. The SMILES string of the molecule is CCCN(CC)c1ccc(C(=N)N)cc1C. The molecule has 0 heterocycles. The van der Waals surface area contributed by atoms with E-state index in [0.717, 1.165) is 25.1 Å². The van der Waals surface area contributed by atoms with Gasteiger partial charge in [-0.3, -0.25) is 5.41 Å². The first-order valence-corrected chi connectivity index (χ1v) is 5.80. The minimum absolute atomic E-state index is 0.133. The number of hydrogen-bond acceptors (Lipinski definition) is 2. The van der Waals surface area contributed by atoms with E-state index >= 15 is 0 Å². The van der Waals surface area contributed by atoms with Gasteiger partial charge in [-0.1, -0.05) is 6.92 Å². The summed E-state index contributed by atoms with van der Waals surface area (Å²) in [6.45, 7) is 8.49. The lowest BCUT2D eigenvalue weighted by Gasteiger charge is -2.24. The molecule has 0 aliphatic carbocycles. The Morgan fingerprint density at radius 1 is 1.38 bits per heavy atom. The third kappa shape index (κ3) is 2.75. The van der Waals surface area contributed by atoms with Crippen molar-refractivity contribution in [2.24, 2.45) is 5.73 Å². The molecule has 0 aliphatic heterocycles. The van der Waals surface area contributed by atoms with Gasteiger partial charge in [0.15, 0.2) is 0 Å². The van der Waals surface area contributed by atoms with E-state index in [9.17, 15) is 0 Å². The van der Waals surface area contributed by atoms with Crippen molar-refractivity contribution >= 4 is 11.5 Å². The molecule has 3 nitrogen and oxygen atoms in total. The van der Waals surface area contributed by atoms with Gasteiger partial charge in [-0.15, -0.1) is 0 Å². The van der Waals surface area contributed by atoms with Crippen molar-refractivity contribution in [3.8, 4) is 0 Å². The van der Waals surface area contributed by atoms with Crippen molar-refractivity contribution < 1.29 is 0 Å². The lowest BCUT2D eigenvalue weighted by Crippen LogP contribution is -2.24. The largest absolute Gasteiger partial charge is 0.384 e. The van der Waals surface area contributed by atoms with Crippen LogP contribution < -0.4 is 10.6 Å². The number of hydrogen-bond donors (Lipinski definition) is 2. The summed E-state index contributed by atoms with van der Waals surface area (Å²) in [4.78, 5) is 2.35. The fourth-order valence-corrected chi connectivity index (χ4v) is 1.90. The maximum atomic E-state index is 7.40. The summed E-state index contributed by atoms with van der Waals surface area (Å²) in [5, 5.41) is 7.40. The molecule has 0 saturated carbocycles. The van der Waals surface area contributed by atoms with Crippen LogP contribution in [0, 0.1) is 12.3 Å². The Morgan fingerprint density at radius 2 is 2.06 bits per heavy atom. The van der Waals surface area contributed by atoms with E-state index in [-0.39, 0.29) is 5.84 Å². The Kier molecular flexibility index (Phi) is 4.35. The van der Waals surface area contributed by atoms with Gasteiger partial charge >= 0.3 is 0 Å². The number of aryl methyl sites for hydroxylation is 1. The highest BCUT2D eigenvalue weighted by Crippen LogP contribution is 2.21. The van der Waals surface area contributed by atoms with Gasteiger partial charge in [-0.2, -0.15) is 0 Å². The number of amidine groups is 1. The summed E-state index contributed by atoms with van der Waals surface area (Å²) in [6, 6.07) is 5.96. The first-order valence-electron chi connectivity index (χ1n) is 5.80. The molecule has 0 bridgehead atoms. The first-order chi connectivity index (χ1) is 7.60. The molecule has 0 fully saturated rings. The lowest BCUT2D eigenvalue weighted by atomic mass is 10.1. The Bertz CT molecular complexity index is 371. The van der Waals surface area contributed by atoms with Gasteiger partial charge in [0.1, 0.15) is 5.84 Å². The first kappa shape index (κ1) is 12.6. The van der Waals surface area contributed by atoms with E-state index in [1.165, 1.54) is 11.3 Å². The van der Waals surface area contributed by atoms with Crippen molar-refractivity contribution in [1.82, 2.24) is 0 Å². The van der Waals surface area contributed by atoms with Crippen LogP contribution in [0.5, 0.6) is 0 Å². The van der Waals surface area contributed by atoms with Crippen LogP contribution >= 0.6 is 0 Å². The predicted octanol–water partition coefficient (Wildman–Crippen LogP) is 2.52. The molecule has 3 N–H and O–H groups in total. The Balaban J connectivity index is 3.01. The second-order valence-corrected chi connectivity index (χ2v) is 3.99. The maximum Gasteiger partial charge on any atom is 0.122 e. The Labute approximate surface area is 97.8 Å². The number of nitrogens with two attached hydrogens (primary N) is 1. The van der Waals surface area contributed by atoms with Crippen LogP contribution in [0.15, 0.2) is 18.2 Å². The molecule has 0 saturated heterocycles. The molecule has 0 radical (unpaired) electrons. The predicted molar refractivity (Wildman–Crippen MR) is 70.4 cm³/mol. The summed E-state index contributed by atoms with van der Waals surface area (Å²) in [6.07, 6.45) is 1.14. The zero-order valence-corrected chi connectivity index (χ0v) is 10.4. The third-order valence-corrected chi connectivity index (χ3v) is 2.72. The van der Waals surface area contributed by atoms with Crippen molar-refractivity contribution in [3.05, 3.63) is 29.3 Å². The summed E-state index contributed by atoms with van der Waals surface area (Å²) >= 11 is 0. The minimum Gasteiger partial charge on any atom is -0.384 e. The van der Waals surface area contributed by atoms with Crippen LogP contribution in [-0.4, -0.2) is 18.9 Å². The molecule has 88 valence electrons. The number of anilines is 1. The molecule has 0 aliphatic rings. The average molecular weight is 219 g/mol. The highest BCUT2D eigenvalue weighted by Gasteiger charge is 2.07. The van der Waals surface area contributed by atoms with E-state index in [1.807, 2.05) is 12.1 Å². The van der Waals surface area contributed by atoms with Gasteiger partial charge in [0.2, 0.25) is 0 Å². The van der Waals surface area contributed by atoms with E-state index in [1.54, 1.807) is 0 Å². The molecule has 1 aromatic carbocycles. The van der Waals surface area contributed by atoms with Crippen LogP contribution in [0.4, 0.5) is 5.69 Å².